The van der Waals surface area contributed by atoms with E-state index in [0.29, 0.717) is 15.5 Å². The number of rotatable bonds is 5. The van der Waals surface area contributed by atoms with Crippen molar-refractivity contribution in [3.63, 3.8) is 0 Å². The molecule has 1 N–H and O–H groups in total. The van der Waals surface area contributed by atoms with Crippen molar-refractivity contribution in [2.75, 3.05) is 11.7 Å². The first kappa shape index (κ1) is 21.5. The van der Waals surface area contributed by atoms with Gasteiger partial charge in [0.25, 0.3) is 0 Å². The van der Waals surface area contributed by atoms with E-state index in [1.54, 1.807) is 17.5 Å². The molecule has 0 bridgehead atoms. The maximum absolute atomic E-state index is 13.6. The quantitative estimate of drug-likeness (QED) is 0.719. The zero-order chi connectivity index (χ0) is 22.0. The molecular formula is C21H21F3N2O4S. The van der Waals surface area contributed by atoms with Crippen LogP contribution in [-0.2, 0) is 9.59 Å². The lowest BCUT2D eigenvalue weighted by atomic mass is 9.95. The molecule has 31 heavy (non-hydrogen) atoms. The number of alkyl halides is 3. The van der Waals surface area contributed by atoms with Crippen molar-refractivity contribution >= 4 is 28.8 Å². The number of carbonyl (C=O) groups excluding carboxylic acids is 2. The van der Waals surface area contributed by atoms with Gasteiger partial charge in [0.15, 0.2) is 17.5 Å². The second kappa shape index (κ2) is 8.78. The van der Waals surface area contributed by atoms with Crippen LogP contribution in [0.4, 0.5) is 18.9 Å². The van der Waals surface area contributed by atoms with Crippen LogP contribution in [0, 0.1) is 0 Å². The van der Waals surface area contributed by atoms with Crippen LogP contribution in [0.3, 0.4) is 0 Å². The van der Waals surface area contributed by atoms with E-state index < -0.39 is 24.0 Å². The van der Waals surface area contributed by atoms with Gasteiger partial charge in [0.05, 0.1) is 0 Å². The summed E-state index contributed by atoms with van der Waals surface area (Å²) in [6, 6.07) is 5.65. The Morgan fingerprint density at radius 1 is 1.10 bits per heavy atom. The van der Waals surface area contributed by atoms with Crippen LogP contribution >= 0.6 is 11.3 Å². The molecule has 166 valence electrons. The van der Waals surface area contributed by atoms with Gasteiger partial charge >= 0.3 is 12.1 Å². The fourth-order valence-corrected chi connectivity index (χ4v) is 4.72. The molecule has 0 spiro atoms. The molecule has 1 aliphatic heterocycles. The summed E-state index contributed by atoms with van der Waals surface area (Å²) in [5.74, 6) is -2.18. The first-order valence-corrected chi connectivity index (χ1v) is 10.9. The summed E-state index contributed by atoms with van der Waals surface area (Å²) in [5.41, 5.74) is -0.0937. The van der Waals surface area contributed by atoms with Gasteiger partial charge in [-0.05, 0) is 36.4 Å². The van der Waals surface area contributed by atoms with Crippen molar-refractivity contribution in [2.45, 2.75) is 50.4 Å². The van der Waals surface area contributed by atoms with Gasteiger partial charge in [0, 0.05) is 22.7 Å². The van der Waals surface area contributed by atoms with Crippen LogP contribution in [0.15, 0.2) is 35.7 Å². The minimum absolute atomic E-state index is 0.0669. The lowest BCUT2D eigenvalue weighted by Gasteiger charge is -2.33. The molecule has 1 atom stereocenters. The van der Waals surface area contributed by atoms with E-state index in [1.807, 2.05) is 0 Å². The lowest BCUT2D eigenvalue weighted by molar-refractivity contribution is -0.171. The first-order chi connectivity index (χ1) is 14.8. The number of thiophene rings is 1. The number of ether oxygens (including phenoxy) is 2. The zero-order valence-corrected chi connectivity index (χ0v) is 17.3. The SMILES string of the molecule is O=C(NC1CCCCC1)[C@@H](c1cccs1)N(C(=O)C(F)(F)F)c1ccc2c(c1)OCO2. The Bertz CT molecular complexity index is 943. The van der Waals surface area contributed by atoms with Crippen molar-refractivity contribution < 1.29 is 32.2 Å². The second-order valence-corrected chi connectivity index (χ2v) is 8.45. The molecule has 1 aliphatic carbocycles. The molecule has 0 saturated heterocycles. The molecule has 1 aromatic heterocycles. The second-order valence-electron chi connectivity index (χ2n) is 7.47. The first-order valence-electron chi connectivity index (χ1n) is 9.98. The summed E-state index contributed by atoms with van der Waals surface area (Å²) in [4.78, 5) is 26.7. The highest BCUT2D eigenvalue weighted by atomic mass is 32.1. The Morgan fingerprint density at radius 2 is 1.84 bits per heavy atom. The van der Waals surface area contributed by atoms with E-state index in [4.69, 9.17) is 9.47 Å². The monoisotopic (exact) mass is 454 g/mol. The van der Waals surface area contributed by atoms with Gasteiger partial charge < -0.3 is 14.8 Å². The highest BCUT2D eigenvalue weighted by Gasteiger charge is 2.48. The van der Waals surface area contributed by atoms with Gasteiger partial charge in [-0.15, -0.1) is 11.3 Å². The van der Waals surface area contributed by atoms with Crippen LogP contribution < -0.4 is 19.7 Å². The number of hydrogen-bond donors (Lipinski definition) is 1. The Labute approximate surface area is 180 Å². The predicted molar refractivity (Wildman–Crippen MR) is 108 cm³/mol. The number of fused-ring (bicyclic) bond motifs is 1. The third-order valence-corrected chi connectivity index (χ3v) is 6.29. The molecule has 4 rings (SSSR count). The number of amides is 2. The molecule has 1 aromatic carbocycles. The molecule has 2 heterocycles. The Balaban J connectivity index is 1.74. The number of hydrogen-bond acceptors (Lipinski definition) is 5. The van der Waals surface area contributed by atoms with Gasteiger partial charge in [-0.3, -0.25) is 14.5 Å². The maximum atomic E-state index is 13.6. The Hall–Kier alpha value is -2.75. The minimum atomic E-state index is -5.17. The number of halogens is 3. The highest BCUT2D eigenvalue weighted by molar-refractivity contribution is 7.10. The summed E-state index contributed by atoms with van der Waals surface area (Å²) in [7, 11) is 0. The van der Waals surface area contributed by atoms with Crippen molar-refractivity contribution in [3.05, 3.63) is 40.6 Å². The fraction of sp³-hybridized carbons (Fsp3) is 0.429. The van der Waals surface area contributed by atoms with Crippen LogP contribution in [0.1, 0.15) is 43.0 Å². The third kappa shape index (κ3) is 4.63. The highest BCUT2D eigenvalue weighted by Crippen LogP contribution is 2.40. The van der Waals surface area contributed by atoms with E-state index in [0.717, 1.165) is 43.4 Å². The summed E-state index contributed by atoms with van der Waals surface area (Å²) in [6.07, 6.45) is -0.683. The molecule has 2 aromatic rings. The van der Waals surface area contributed by atoms with Gasteiger partial charge in [-0.2, -0.15) is 13.2 Å². The van der Waals surface area contributed by atoms with Gasteiger partial charge in [0.1, 0.15) is 0 Å². The lowest BCUT2D eigenvalue weighted by Crippen LogP contribution is -2.50. The topological polar surface area (TPSA) is 67.9 Å². The molecular weight excluding hydrogens is 433 g/mol. The van der Waals surface area contributed by atoms with Crippen molar-refractivity contribution in [2.24, 2.45) is 0 Å². The third-order valence-electron chi connectivity index (χ3n) is 5.37. The summed E-state index contributed by atoms with van der Waals surface area (Å²) in [6.45, 7) is -0.0669. The number of nitrogens with zero attached hydrogens (tertiary/aromatic N) is 1. The Kier molecular flexibility index (Phi) is 6.08. The van der Waals surface area contributed by atoms with Crippen LogP contribution in [0.25, 0.3) is 0 Å². The number of carbonyl (C=O) groups is 2. The average molecular weight is 454 g/mol. The molecule has 0 unspecified atom stereocenters. The maximum Gasteiger partial charge on any atom is 0.471 e. The number of anilines is 1. The van der Waals surface area contributed by atoms with E-state index in [-0.39, 0.29) is 24.3 Å². The van der Waals surface area contributed by atoms with E-state index >= 15 is 0 Å². The number of benzene rings is 1. The largest absolute Gasteiger partial charge is 0.471 e. The van der Waals surface area contributed by atoms with Crippen LogP contribution in [0.5, 0.6) is 11.5 Å². The van der Waals surface area contributed by atoms with Gasteiger partial charge in [0.2, 0.25) is 12.7 Å². The van der Waals surface area contributed by atoms with Crippen molar-refractivity contribution in [1.82, 2.24) is 5.32 Å². The summed E-state index contributed by atoms with van der Waals surface area (Å²) < 4.78 is 51.3. The van der Waals surface area contributed by atoms with E-state index in [1.165, 1.54) is 18.2 Å². The van der Waals surface area contributed by atoms with Gasteiger partial charge in [-0.1, -0.05) is 25.3 Å². The minimum Gasteiger partial charge on any atom is -0.454 e. The average Bonchev–Trinajstić information content (AvgIpc) is 3.42. The van der Waals surface area contributed by atoms with Crippen molar-refractivity contribution in [1.29, 1.82) is 0 Å². The zero-order valence-electron chi connectivity index (χ0n) is 16.5. The fourth-order valence-electron chi connectivity index (χ4n) is 3.90. The molecule has 1 saturated carbocycles. The molecule has 1 fully saturated rings. The van der Waals surface area contributed by atoms with Crippen LogP contribution in [0.2, 0.25) is 0 Å². The number of nitrogens with one attached hydrogen (secondary N) is 1. The normalized spacial score (nSPS) is 17.3. The smallest absolute Gasteiger partial charge is 0.454 e. The van der Waals surface area contributed by atoms with E-state index in [9.17, 15) is 22.8 Å². The molecule has 0 radical (unpaired) electrons. The summed E-state index contributed by atoms with van der Waals surface area (Å²) >= 11 is 1.12. The molecule has 10 heteroatoms. The summed E-state index contributed by atoms with van der Waals surface area (Å²) in [5, 5.41) is 4.53. The standard InChI is InChI=1S/C21H21F3N2O4S/c22-21(23,24)20(28)26(14-8-9-15-16(11-14)30-12-29-15)18(17-7-4-10-31-17)19(27)25-13-5-2-1-3-6-13/h4,7-11,13,18H,1-3,5-6,12H2,(H,25,27)/t18-/m1/s1. The molecule has 2 amide bonds. The Morgan fingerprint density at radius 3 is 2.52 bits per heavy atom. The molecule has 2 aliphatic rings. The predicted octanol–water partition coefficient (Wildman–Crippen LogP) is 4.56. The molecule has 6 nitrogen and oxygen atoms in total. The van der Waals surface area contributed by atoms with Crippen LogP contribution in [-0.4, -0.2) is 30.8 Å². The van der Waals surface area contributed by atoms with Crippen molar-refractivity contribution in [3.8, 4) is 11.5 Å². The van der Waals surface area contributed by atoms with E-state index in [2.05, 4.69) is 5.32 Å². The van der Waals surface area contributed by atoms with Gasteiger partial charge in [-0.25, -0.2) is 0 Å².